The zero-order chi connectivity index (χ0) is 15.9. The number of hydrogen-bond donors (Lipinski definition) is 1. The summed E-state index contributed by atoms with van der Waals surface area (Å²) in [4.78, 5) is 13.5. The van der Waals surface area contributed by atoms with Crippen LogP contribution >= 0.6 is 22.9 Å². The molecule has 1 aromatic heterocycles. The molecule has 1 amide bonds. The van der Waals surface area contributed by atoms with E-state index >= 15 is 0 Å². The fourth-order valence-electron chi connectivity index (χ4n) is 2.44. The van der Waals surface area contributed by atoms with Gasteiger partial charge in [-0.1, -0.05) is 11.6 Å². The molecule has 0 atom stereocenters. The number of nitrogens with one attached hydrogen (secondary N) is 1. The third kappa shape index (κ3) is 2.71. The summed E-state index contributed by atoms with van der Waals surface area (Å²) in [6.45, 7) is 2.51. The Morgan fingerprint density at radius 3 is 2.73 bits per heavy atom. The molecule has 0 bridgehead atoms. The van der Waals surface area contributed by atoms with Crippen LogP contribution < -0.4 is 9.62 Å². The largest absolute Gasteiger partial charge is 0.312 e. The first-order valence-corrected chi connectivity index (χ1v) is 9.30. The van der Waals surface area contributed by atoms with Gasteiger partial charge in [-0.25, -0.2) is 8.42 Å². The predicted molar refractivity (Wildman–Crippen MR) is 88.3 cm³/mol. The number of rotatable bonds is 4. The van der Waals surface area contributed by atoms with Gasteiger partial charge in [-0.2, -0.15) is 0 Å². The topological polar surface area (TPSA) is 66.5 Å². The lowest BCUT2D eigenvalue weighted by atomic mass is 10.1. The highest BCUT2D eigenvalue weighted by atomic mass is 35.5. The first-order chi connectivity index (χ1) is 10.4. The highest BCUT2D eigenvalue weighted by molar-refractivity contribution is 7.94. The van der Waals surface area contributed by atoms with Crippen LogP contribution in [-0.2, 0) is 21.2 Å². The summed E-state index contributed by atoms with van der Waals surface area (Å²) in [6.07, 6.45) is 0.295. The summed E-state index contributed by atoms with van der Waals surface area (Å²) < 4.78 is 27.6. The Hall–Kier alpha value is -1.57. The molecule has 0 saturated heterocycles. The van der Waals surface area contributed by atoms with Gasteiger partial charge >= 0.3 is 0 Å². The summed E-state index contributed by atoms with van der Waals surface area (Å²) >= 11 is 6.77. The number of benzene rings is 1. The van der Waals surface area contributed by atoms with Crippen molar-refractivity contribution in [3.8, 4) is 0 Å². The van der Waals surface area contributed by atoms with Crippen molar-refractivity contribution in [3.63, 3.8) is 0 Å². The SMILES string of the molecule is CCN1C(=O)Cc2cc(NS(=O)(=O)c3ccc(Cl)s3)ccc21. The first kappa shape index (κ1) is 15.3. The second-order valence-corrected chi connectivity index (χ2v) is 8.45. The molecule has 5 nitrogen and oxygen atoms in total. The highest BCUT2D eigenvalue weighted by Crippen LogP contribution is 2.32. The number of likely N-dealkylation sites (N-methyl/N-ethyl adjacent to an activating group) is 1. The standard InChI is InChI=1S/C14H13ClN2O3S2/c1-2-17-11-4-3-10(7-9(11)8-13(17)18)16-22(19,20)14-6-5-12(15)21-14/h3-7,16H,2,8H2,1H3. The molecular weight excluding hydrogens is 344 g/mol. The molecule has 1 aromatic carbocycles. The molecule has 0 radical (unpaired) electrons. The van der Waals surface area contributed by atoms with Crippen LogP contribution in [0.5, 0.6) is 0 Å². The van der Waals surface area contributed by atoms with Crippen molar-refractivity contribution in [2.45, 2.75) is 17.6 Å². The van der Waals surface area contributed by atoms with Gasteiger partial charge in [0.25, 0.3) is 10.0 Å². The van der Waals surface area contributed by atoms with E-state index in [1.165, 1.54) is 6.07 Å². The maximum Gasteiger partial charge on any atom is 0.271 e. The average molecular weight is 357 g/mol. The highest BCUT2D eigenvalue weighted by Gasteiger charge is 2.26. The maximum atomic E-state index is 12.3. The number of anilines is 2. The molecule has 0 fully saturated rings. The van der Waals surface area contributed by atoms with Gasteiger partial charge in [0.2, 0.25) is 5.91 Å². The Kier molecular flexibility index (Phi) is 3.88. The van der Waals surface area contributed by atoms with Crippen molar-refractivity contribution >= 4 is 50.2 Å². The predicted octanol–water partition coefficient (Wildman–Crippen LogP) is 3.11. The minimum absolute atomic E-state index is 0.0301. The number of fused-ring (bicyclic) bond motifs is 1. The number of sulfonamides is 1. The summed E-state index contributed by atoms with van der Waals surface area (Å²) in [7, 11) is -3.66. The van der Waals surface area contributed by atoms with Crippen molar-refractivity contribution in [1.82, 2.24) is 0 Å². The van der Waals surface area contributed by atoms with Gasteiger partial charge in [-0.3, -0.25) is 9.52 Å². The normalized spacial score (nSPS) is 14.3. The van der Waals surface area contributed by atoms with E-state index in [1.54, 1.807) is 29.2 Å². The zero-order valence-electron chi connectivity index (χ0n) is 11.7. The lowest BCUT2D eigenvalue weighted by Gasteiger charge is -2.15. The van der Waals surface area contributed by atoms with Gasteiger partial charge < -0.3 is 4.90 Å². The molecule has 2 heterocycles. The number of hydrogen-bond acceptors (Lipinski definition) is 4. The Labute approximate surface area is 137 Å². The molecule has 3 rings (SSSR count). The lowest BCUT2D eigenvalue weighted by Crippen LogP contribution is -2.25. The van der Waals surface area contributed by atoms with E-state index < -0.39 is 10.0 Å². The van der Waals surface area contributed by atoms with E-state index in [2.05, 4.69) is 4.72 Å². The fourth-order valence-corrected chi connectivity index (χ4v) is 4.97. The molecule has 1 aliphatic rings. The minimum Gasteiger partial charge on any atom is -0.312 e. The van der Waals surface area contributed by atoms with E-state index in [1.807, 2.05) is 6.92 Å². The van der Waals surface area contributed by atoms with Gasteiger partial charge in [0.05, 0.1) is 10.8 Å². The van der Waals surface area contributed by atoms with Gasteiger partial charge in [-0.05, 0) is 42.8 Å². The van der Waals surface area contributed by atoms with Crippen LogP contribution in [0.4, 0.5) is 11.4 Å². The number of halogens is 1. The van der Waals surface area contributed by atoms with E-state index in [4.69, 9.17) is 11.6 Å². The summed E-state index contributed by atoms with van der Waals surface area (Å²) in [5.41, 5.74) is 2.11. The third-order valence-corrected chi connectivity index (χ3v) is 6.50. The van der Waals surface area contributed by atoms with Gasteiger partial charge in [0, 0.05) is 17.9 Å². The Bertz CT molecular complexity index is 846. The molecule has 22 heavy (non-hydrogen) atoms. The van der Waals surface area contributed by atoms with E-state index in [0.29, 0.717) is 23.0 Å². The molecule has 1 aliphatic heterocycles. The number of nitrogens with zero attached hydrogens (tertiary/aromatic N) is 1. The molecule has 2 aromatic rings. The summed E-state index contributed by atoms with van der Waals surface area (Å²) in [5, 5.41) is 0. The van der Waals surface area contributed by atoms with Crippen molar-refractivity contribution in [3.05, 3.63) is 40.2 Å². The van der Waals surface area contributed by atoms with Crippen LogP contribution in [0.25, 0.3) is 0 Å². The Morgan fingerprint density at radius 1 is 1.32 bits per heavy atom. The molecule has 0 saturated carbocycles. The van der Waals surface area contributed by atoms with Gasteiger partial charge in [0.1, 0.15) is 4.21 Å². The molecular formula is C14H13ClN2O3S2. The van der Waals surface area contributed by atoms with Crippen molar-refractivity contribution in [2.24, 2.45) is 0 Å². The Morgan fingerprint density at radius 2 is 2.09 bits per heavy atom. The van der Waals surface area contributed by atoms with E-state index in [0.717, 1.165) is 22.6 Å². The minimum atomic E-state index is -3.66. The van der Waals surface area contributed by atoms with Gasteiger partial charge in [0.15, 0.2) is 0 Å². The second kappa shape index (κ2) is 5.57. The van der Waals surface area contributed by atoms with Crippen LogP contribution in [0.2, 0.25) is 4.34 Å². The van der Waals surface area contributed by atoms with E-state index in [-0.39, 0.29) is 10.1 Å². The molecule has 1 N–H and O–H groups in total. The number of amides is 1. The Balaban J connectivity index is 1.89. The first-order valence-electron chi connectivity index (χ1n) is 6.62. The fraction of sp³-hybridized carbons (Fsp3) is 0.214. The lowest BCUT2D eigenvalue weighted by molar-refractivity contribution is -0.117. The molecule has 0 unspecified atom stereocenters. The molecule has 0 spiro atoms. The van der Waals surface area contributed by atoms with Gasteiger partial charge in [-0.15, -0.1) is 11.3 Å². The number of thiophene rings is 1. The number of carbonyl (C=O) groups excluding carboxylic acids is 1. The quantitative estimate of drug-likeness (QED) is 0.915. The van der Waals surface area contributed by atoms with Crippen LogP contribution in [-0.4, -0.2) is 20.9 Å². The average Bonchev–Trinajstić information content (AvgIpc) is 3.01. The van der Waals surface area contributed by atoms with Crippen LogP contribution in [0.15, 0.2) is 34.5 Å². The summed E-state index contributed by atoms with van der Waals surface area (Å²) in [6, 6.07) is 8.14. The molecule has 8 heteroatoms. The van der Waals surface area contributed by atoms with E-state index in [9.17, 15) is 13.2 Å². The second-order valence-electron chi connectivity index (χ2n) is 4.82. The van der Waals surface area contributed by atoms with Crippen LogP contribution in [0.3, 0.4) is 0 Å². The van der Waals surface area contributed by atoms with Crippen molar-refractivity contribution in [1.29, 1.82) is 0 Å². The molecule has 116 valence electrons. The monoisotopic (exact) mass is 356 g/mol. The maximum absolute atomic E-state index is 12.3. The third-order valence-electron chi connectivity index (χ3n) is 3.39. The smallest absolute Gasteiger partial charge is 0.271 e. The zero-order valence-corrected chi connectivity index (χ0v) is 14.1. The van der Waals surface area contributed by atoms with Crippen molar-refractivity contribution < 1.29 is 13.2 Å². The van der Waals surface area contributed by atoms with Crippen LogP contribution in [0, 0.1) is 0 Å². The van der Waals surface area contributed by atoms with Crippen molar-refractivity contribution in [2.75, 3.05) is 16.2 Å². The summed E-state index contributed by atoms with van der Waals surface area (Å²) in [5.74, 6) is 0.0301. The molecule has 0 aliphatic carbocycles. The number of carbonyl (C=O) groups is 1. The van der Waals surface area contributed by atoms with Crippen LogP contribution in [0.1, 0.15) is 12.5 Å².